The van der Waals surface area contributed by atoms with E-state index in [1.54, 1.807) is 29.2 Å². The molecule has 0 radical (unpaired) electrons. The van der Waals surface area contributed by atoms with Crippen molar-refractivity contribution in [2.75, 3.05) is 13.1 Å². The Bertz CT molecular complexity index is 484. The van der Waals surface area contributed by atoms with E-state index in [0.717, 1.165) is 19.3 Å². The van der Waals surface area contributed by atoms with Gasteiger partial charge in [0.25, 0.3) is 0 Å². The zero-order chi connectivity index (χ0) is 14.5. The van der Waals surface area contributed by atoms with Crippen LogP contribution in [0.1, 0.15) is 43.0 Å². The quantitative estimate of drug-likeness (QED) is 0.796. The molecule has 1 amide bonds. The lowest BCUT2D eigenvalue weighted by atomic mass is 9.98. The number of amides is 1. The van der Waals surface area contributed by atoms with Gasteiger partial charge in [-0.05, 0) is 43.0 Å². The van der Waals surface area contributed by atoms with Crippen LogP contribution in [-0.4, -0.2) is 29.7 Å². The van der Waals surface area contributed by atoms with E-state index in [1.165, 1.54) is 0 Å². The minimum atomic E-state index is -0.0232. The van der Waals surface area contributed by atoms with Crippen molar-refractivity contribution in [3.05, 3.63) is 34.9 Å². The number of hydrogen-bond donors (Lipinski definition) is 0. The molecule has 1 fully saturated rings. The van der Waals surface area contributed by atoms with E-state index < -0.39 is 0 Å². The van der Waals surface area contributed by atoms with Crippen LogP contribution in [0.2, 0.25) is 5.02 Å². The third-order valence-corrected chi connectivity index (χ3v) is 4.26. The second kappa shape index (κ2) is 6.89. The standard InChI is InChI=1S/C16H20ClNO2/c1-2-12-3-8-16(20)18(10-9-12)11-15(19)13-4-6-14(17)7-5-13/h4-7,12H,2-3,8-11H2,1H3. The number of halogens is 1. The van der Waals surface area contributed by atoms with Crippen molar-refractivity contribution in [2.24, 2.45) is 5.92 Å². The second-order valence-corrected chi connectivity index (χ2v) is 5.78. The molecule has 4 heteroatoms. The number of Topliss-reactive ketones (excluding diaryl/α,β-unsaturated/α-hetero) is 1. The largest absolute Gasteiger partial charge is 0.335 e. The monoisotopic (exact) mass is 293 g/mol. The Kier molecular flexibility index (Phi) is 5.18. The summed E-state index contributed by atoms with van der Waals surface area (Å²) in [4.78, 5) is 25.9. The third kappa shape index (κ3) is 3.83. The van der Waals surface area contributed by atoms with E-state index in [0.29, 0.717) is 29.5 Å². The fraction of sp³-hybridized carbons (Fsp3) is 0.500. The maximum Gasteiger partial charge on any atom is 0.222 e. The molecule has 2 rings (SSSR count). The van der Waals surface area contributed by atoms with E-state index in [-0.39, 0.29) is 18.2 Å². The Labute approximate surface area is 124 Å². The number of nitrogens with zero attached hydrogens (tertiary/aromatic N) is 1. The van der Waals surface area contributed by atoms with Crippen LogP contribution in [0.4, 0.5) is 0 Å². The number of carbonyl (C=O) groups is 2. The molecular weight excluding hydrogens is 274 g/mol. The summed E-state index contributed by atoms with van der Waals surface area (Å²) in [7, 11) is 0. The van der Waals surface area contributed by atoms with Gasteiger partial charge in [-0.1, -0.05) is 24.9 Å². The zero-order valence-corrected chi connectivity index (χ0v) is 12.5. The van der Waals surface area contributed by atoms with Crippen LogP contribution in [0, 0.1) is 5.92 Å². The molecule has 1 heterocycles. The van der Waals surface area contributed by atoms with Crippen LogP contribution < -0.4 is 0 Å². The van der Waals surface area contributed by atoms with Crippen LogP contribution in [0.5, 0.6) is 0 Å². The molecule has 0 bridgehead atoms. The molecule has 3 nitrogen and oxygen atoms in total. The number of rotatable bonds is 4. The Morgan fingerprint density at radius 1 is 1.30 bits per heavy atom. The predicted molar refractivity (Wildman–Crippen MR) is 80.0 cm³/mol. The van der Waals surface area contributed by atoms with Gasteiger partial charge >= 0.3 is 0 Å². The Morgan fingerprint density at radius 3 is 2.65 bits per heavy atom. The van der Waals surface area contributed by atoms with Gasteiger partial charge < -0.3 is 4.90 Å². The van der Waals surface area contributed by atoms with Gasteiger partial charge in [-0.15, -0.1) is 0 Å². The molecule has 1 saturated heterocycles. The number of carbonyl (C=O) groups excluding carboxylic acids is 2. The molecule has 1 aromatic rings. The average molecular weight is 294 g/mol. The van der Waals surface area contributed by atoms with Crippen molar-refractivity contribution < 1.29 is 9.59 Å². The summed E-state index contributed by atoms with van der Waals surface area (Å²) in [5.41, 5.74) is 0.610. The predicted octanol–water partition coefficient (Wildman–Crippen LogP) is 3.56. The van der Waals surface area contributed by atoms with Crippen LogP contribution in [0.15, 0.2) is 24.3 Å². The molecule has 0 aliphatic carbocycles. The number of hydrogen-bond acceptors (Lipinski definition) is 2. The van der Waals surface area contributed by atoms with Crippen LogP contribution in [-0.2, 0) is 4.79 Å². The van der Waals surface area contributed by atoms with E-state index >= 15 is 0 Å². The van der Waals surface area contributed by atoms with Gasteiger partial charge in [0.2, 0.25) is 5.91 Å². The minimum Gasteiger partial charge on any atom is -0.335 e. The van der Waals surface area contributed by atoms with Gasteiger partial charge in [-0.3, -0.25) is 9.59 Å². The smallest absolute Gasteiger partial charge is 0.222 e. The summed E-state index contributed by atoms with van der Waals surface area (Å²) in [5, 5.41) is 0.609. The Morgan fingerprint density at radius 2 is 2.00 bits per heavy atom. The zero-order valence-electron chi connectivity index (χ0n) is 11.8. The first kappa shape index (κ1) is 15.0. The van der Waals surface area contributed by atoms with Gasteiger partial charge in [0, 0.05) is 23.6 Å². The summed E-state index contributed by atoms with van der Waals surface area (Å²) in [5.74, 6) is 0.683. The summed E-state index contributed by atoms with van der Waals surface area (Å²) >= 11 is 5.81. The first-order valence-electron chi connectivity index (χ1n) is 7.16. The molecule has 20 heavy (non-hydrogen) atoms. The van der Waals surface area contributed by atoms with Gasteiger partial charge in [-0.2, -0.15) is 0 Å². The van der Waals surface area contributed by atoms with Gasteiger partial charge in [0.1, 0.15) is 0 Å². The van der Waals surface area contributed by atoms with Crippen LogP contribution in [0.3, 0.4) is 0 Å². The van der Waals surface area contributed by atoms with E-state index in [4.69, 9.17) is 11.6 Å². The van der Waals surface area contributed by atoms with Gasteiger partial charge in [0.05, 0.1) is 6.54 Å². The fourth-order valence-electron chi connectivity index (χ4n) is 2.57. The summed E-state index contributed by atoms with van der Waals surface area (Å²) in [6, 6.07) is 6.82. The van der Waals surface area contributed by atoms with Crippen LogP contribution in [0.25, 0.3) is 0 Å². The number of likely N-dealkylation sites (tertiary alicyclic amines) is 1. The SMILES string of the molecule is CCC1CCC(=O)N(CC(=O)c2ccc(Cl)cc2)CC1. The van der Waals surface area contributed by atoms with Crippen molar-refractivity contribution in [3.63, 3.8) is 0 Å². The molecule has 1 unspecified atom stereocenters. The van der Waals surface area contributed by atoms with Gasteiger partial charge in [-0.25, -0.2) is 0 Å². The second-order valence-electron chi connectivity index (χ2n) is 5.35. The highest BCUT2D eigenvalue weighted by Crippen LogP contribution is 2.21. The molecule has 0 saturated carbocycles. The molecule has 0 aromatic heterocycles. The van der Waals surface area contributed by atoms with Crippen molar-refractivity contribution in [2.45, 2.75) is 32.6 Å². The lowest BCUT2D eigenvalue weighted by Crippen LogP contribution is -2.35. The molecule has 0 spiro atoms. The summed E-state index contributed by atoms with van der Waals surface area (Å²) in [6.45, 7) is 3.03. The number of benzene rings is 1. The van der Waals surface area contributed by atoms with Gasteiger partial charge in [0.15, 0.2) is 5.78 Å². The van der Waals surface area contributed by atoms with Crippen molar-refractivity contribution in [1.82, 2.24) is 4.90 Å². The molecule has 1 aliphatic heterocycles. The highest BCUT2D eigenvalue weighted by molar-refractivity contribution is 6.30. The highest BCUT2D eigenvalue weighted by Gasteiger charge is 2.23. The van der Waals surface area contributed by atoms with Crippen LogP contribution >= 0.6 is 11.6 Å². The highest BCUT2D eigenvalue weighted by atomic mass is 35.5. The molecular formula is C16H20ClNO2. The molecule has 108 valence electrons. The maximum absolute atomic E-state index is 12.2. The van der Waals surface area contributed by atoms with Crippen molar-refractivity contribution in [1.29, 1.82) is 0 Å². The van der Waals surface area contributed by atoms with Crippen molar-refractivity contribution >= 4 is 23.3 Å². The lowest BCUT2D eigenvalue weighted by molar-refractivity contribution is -0.130. The molecule has 0 N–H and O–H groups in total. The summed E-state index contributed by atoms with van der Waals surface area (Å²) < 4.78 is 0. The third-order valence-electron chi connectivity index (χ3n) is 4.00. The molecule has 1 atom stereocenters. The topological polar surface area (TPSA) is 37.4 Å². The first-order chi connectivity index (χ1) is 9.60. The van der Waals surface area contributed by atoms with E-state index in [9.17, 15) is 9.59 Å². The minimum absolute atomic E-state index is 0.0232. The Balaban J connectivity index is 1.99. The van der Waals surface area contributed by atoms with E-state index in [2.05, 4.69) is 6.92 Å². The maximum atomic E-state index is 12.2. The summed E-state index contributed by atoms with van der Waals surface area (Å²) in [6.07, 6.45) is 3.61. The fourth-order valence-corrected chi connectivity index (χ4v) is 2.70. The molecule has 1 aliphatic rings. The Hall–Kier alpha value is -1.35. The molecule has 1 aromatic carbocycles. The van der Waals surface area contributed by atoms with Crippen molar-refractivity contribution in [3.8, 4) is 0 Å². The van der Waals surface area contributed by atoms with E-state index in [1.807, 2.05) is 0 Å². The number of ketones is 1. The lowest BCUT2D eigenvalue weighted by Gasteiger charge is -2.20. The normalized spacial score (nSPS) is 19.8. The first-order valence-corrected chi connectivity index (χ1v) is 7.54. The average Bonchev–Trinajstić information content (AvgIpc) is 2.62.